The normalized spacial score (nSPS) is 14.2. The Balaban J connectivity index is 1.86. The number of aryl methyl sites for hydroxylation is 6. The van der Waals surface area contributed by atoms with Crippen molar-refractivity contribution in [3.63, 3.8) is 0 Å². The van der Waals surface area contributed by atoms with Gasteiger partial charge in [-0.05, 0) is 91.8 Å². The summed E-state index contributed by atoms with van der Waals surface area (Å²) in [5.41, 5.74) is 11.5. The lowest BCUT2D eigenvalue weighted by molar-refractivity contribution is -0.437. The van der Waals surface area contributed by atoms with E-state index in [9.17, 15) is 9.90 Å². The van der Waals surface area contributed by atoms with Crippen molar-refractivity contribution in [3.8, 4) is 0 Å². The maximum Gasteiger partial charge on any atom is 0.254 e. The molecule has 0 saturated carbocycles. The van der Waals surface area contributed by atoms with Crippen LogP contribution in [0.15, 0.2) is 90.0 Å². The maximum absolute atomic E-state index is 14.3. The second kappa shape index (κ2) is 10.3. The molecule has 0 unspecified atom stereocenters. The van der Waals surface area contributed by atoms with Gasteiger partial charge < -0.3 is 5.11 Å². The molecule has 0 amide bonds. The fourth-order valence-electron chi connectivity index (χ4n) is 5.81. The molecule has 0 spiro atoms. The number of carbonyl (C=O) groups is 1. The van der Waals surface area contributed by atoms with E-state index in [1.807, 2.05) is 87.5 Å². The molecule has 0 fully saturated rings. The lowest BCUT2D eigenvalue weighted by atomic mass is 9.86. The molecule has 1 aliphatic heterocycles. The first kappa shape index (κ1) is 26.1. The highest BCUT2D eigenvalue weighted by atomic mass is 16.3. The van der Waals surface area contributed by atoms with E-state index in [1.165, 1.54) is 0 Å². The largest absolute Gasteiger partial charge is 0.854 e. The van der Waals surface area contributed by atoms with Crippen LogP contribution in [0, 0.1) is 41.5 Å². The number of hydrogen-bond donors (Lipinski definition) is 0. The van der Waals surface area contributed by atoms with Crippen molar-refractivity contribution >= 4 is 23.1 Å². The number of ketones is 1. The Hall–Kier alpha value is -4.57. The van der Waals surface area contributed by atoms with Crippen LogP contribution in [-0.4, -0.2) is 22.1 Å². The summed E-state index contributed by atoms with van der Waals surface area (Å²) < 4.78 is 1.73. The van der Waals surface area contributed by atoms with Crippen LogP contribution >= 0.6 is 0 Å². The summed E-state index contributed by atoms with van der Waals surface area (Å²) in [5.74, 6) is -0.376. The van der Waals surface area contributed by atoms with Crippen molar-refractivity contribution in [1.82, 2.24) is 0 Å². The molecule has 0 bridgehead atoms. The number of benzene rings is 4. The zero-order valence-electron chi connectivity index (χ0n) is 23.3. The van der Waals surface area contributed by atoms with Gasteiger partial charge in [0.25, 0.3) is 5.71 Å². The monoisotopic (exact) mass is 512 g/mol. The third-order valence-electron chi connectivity index (χ3n) is 7.21. The van der Waals surface area contributed by atoms with Crippen LogP contribution in [0.1, 0.15) is 66.0 Å². The molecule has 39 heavy (non-hydrogen) atoms. The Morgan fingerprint density at radius 2 is 1.15 bits per heavy atom. The fraction of sp³-hybridized carbons (Fsp3) is 0.171. The molecular formula is C35H32N2O2. The molecule has 0 aromatic heterocycles. The van der Waals surface area contributed by atoms with Crippen molar-refractivity contribution < 1.29 is 14.6 Å². The van der Waals surface area contributed by atoms with Gasteiger partial charge in [-0.2, -0.15) is 0 Å². The Bertz CT molecular complexity index is 1680. The van der Waals surface area contributed by atoms with Gasteiger partial charge in [0, 0.05) is 22.8 Å². The molecule has 0 saturated heterocycles. The molecule has 4 aromatic rings. The Kier molecular flexibility index (Phi) is 6.88. The molecule has 1 aliphatic rings. The number of rotatable bonds is 5. The molecule has 194 valence electrons. The Morgan fingerprint density at radius 3 is 1.72 bits per heavy atom. The van der Waals surface area contributed by atoms with Gasteiger partial charge in [-0.15, -0.1) is 0 Å². The minimum atomic E-state index is -0.331. The van der Waals surface area contributed by atoms with Crippen LogP contribution in [0.2, 0.25) is 0 Å². The lowest BCUT2D eigenvalue weighted by Crippen LogP contribution is -2.23. The Labute approximate surface area is 230 Å². The van der Waals surface area contributed by atoms with E-state index in [-0.39, 0.29) is 11.7 Å². The average Bonchev–Trinajstić information content (AvgIpc) is 3.27. The van der Waals surface area contributed by atoms with Crippen LogP contribution in [0.4, 0.5) is 0 Å². The first-order valence-corrected chi connectivity index (χ1v) is 13.2. The van der Waals surface area contributed by atoms with Crippen LogP contribution in [-0.2, 0) is 0 Å². The number of nitrogens with zero attached hydrogens (tertiary/aromatic N) is 2. The van der Waals surface area contributed by atoms with E-state index in [0.717, 1.165) is 55.8 Å². The van der Waals surface area contributed by atoms with Crippen LogP contribution in [0.5, 0.6) is 0 Å². The summed E-state index contributed by atoms with van der Waals surface area (Å²) in [6.45, 7) is 12.2. The first-order valence-electron chi connectivity index (χ1n) is 13.2. The van der Waals surface area contributed by atoms with E-state index in [4.69, 9.17) is 0 Å². The van der Waals surface area contributed by atoms with Gasteiger partial charge in [-0.25, -0.2) is 0 Å². The molecule has 0 atom stereocenters. The molecule has 1 heterocycles. The van der Waals surface area contributed by atoms with E-state index < -0.39 is 0 Å². The molecule has 0 radical (unpaired) electrons. The van der Waals surface area contributed by atoms with Crippen molar-refractivity contribution in [2.75, 3.05) is 0 Å². The van der Waals surface area contributed by atoms with Gasteiger partial charge in [-0.1, -0.05) is 71.8 Å². The van der Waals surface area contributed by atoms with Gasteiger partial charge in [-0.3, -0.25) is 4.79 Å². The molecule has 0 aliphatic carbocycles. The maximum atomic E-state index is 14.3. The summed E-state index contributed by atoms with van der Waals surface area (Å²) in [4.78, 5) is 14.3. The predicted molar refractivity (Wildman–Crippen MR) is 157 cm³/mol. The van der Waals surface area contributed by atoms with E-state index in [0.29, 0.717) is 16.8 Å². The van der Waals surface area contributed by atoms with Crippen molar-refractivity contribution in [2.24, 2.45) is 5.10 Å². The molecule has 0 N–H and O–H groups in total. The standard InChI is InChI=1S/C35H32N2O2/c1-21-16-23(3)32(24(4)17-21)34(37-30(20-31(38)36-37)27-12-8-7-9-13-27)28-14-10-11-15-29(28)35(39)33-25(5)18-22(2)19-26(33)6/h7-20H,1-6H3. The molecular weight excluding hydrogens is 480 g/mol. The zero-order valence-corrected chi connectivity index (χ0v) is 23.3. The minimum absolute atomic E-state index is 0.0451. The summed E-state index contributed by atoms with van der Waals surface area (Å²) in [5, 5.41) is 17.3. The highest BCUT2D eigenvalue weighted by Crippen LogP contribution is 2.30. The highest BCUT2D eigenvalue weighted by molar-refractivity contribution is 6.22. The van der Waals surface area contributed by atoms with Crippen molar-refractivity contribution in [3.05, 3.63) is 146 Å². The average molecular weight is 513 g/mol. The predicted octanol–water partition coefficient (Wildman–Crippen LogP) is 6.35. The van der Waals surface area contributed by atoms with E-state index in [1.54, 1.807) is 10.8 Å². The topological polar surface area (TPSA) is 55.5 Å². The lowest BCUT2D eigenvalue weighted by Gasteiger charge is -2.16. The number of hydrazone groups is 1. The smallest absolute Gasteiger partial charge is 0.254 e. The highest BCUT2D eigenvalue weighted by Gasteiger charge is 2.34. The molecule has 4 nitrogen and oxygen atoms in total. The second-order valence-electron chi connectivity index (χ2n) is 10.4. The van der Waals surface area contributed by atoms with Gasteiger partial charge in [0.1, 0.15) is 0 Å². The van der Waals surface area contributed by atoms with Crippen molar-refractivity contribution in [1.29, 1.82) is 0 Å². The number of hydrogen-bond acceptors (Lipinski definition) is 3. The van der Waals surface area contributed by atoms with Gasteiger partial charge >= 0.3 is 0 Å². The molecule has 5 rings (SSSR count). The van der Waals surface area contributed by atoms with Gasteiger partial charge in [0.05, 0.1) is 17.0 Å². The van der Waals surface area contributed by atoms with Crippen LogP contribution < -0.4 is 5.11 Å². The molecule has 4 heteroatoms. The van der Waals surface area contributed by atoms with Gasteiger partial charge in [0.15, 0.2) is 5.78 Å². The van der Waals surface area contributed by atoms with Gasteiger partial charge in [0.2, 0.25) is 5.70 Å². The summed E-state index contributed by atoms with van der Waals surface area (Å²) in [6.07, 6.45) is 1.56. The molecule has 4 aromatic carbocycles. The van der Waals surface area contributed by atoms with Crippen LogP contribution in [0.3, 0.4) is 0 Å². The Morgan fingerprint density at radius 1 is 0.667 bits per heavy atom. The number of carbonyl (C=O) groups excluding carboxylic acids is 1. The summed E-state index contributed by atoms with van der Waals surface area (Å²) in [6, 6.07) is 25.8. The minimum Gasteiger partial charge on any atom is -0.854 e. The van der Waals surface area contributed by atoms with Crippen LogP contribution in [0.25, 0.3) is 5.70 Å². The fourth-order valence-corrected chi connectivity index (χ4v) is 5.81. The third kappa shape index (κ3) is 4.86. The quantitative estimate of drug-likeness (QED) is 0.231. The van der Waals surface area contributed by atoms with E-state index >= 15 is 0 Å². The summed E-state index contributed by atoms with van der Waals surface area (Å²) >= 11 is 0. The van der Waals surface area contributed by atoms with Crippen molar-refractivity contribution in [2.45, 2.75) is 41.5 Å². The summed E-state index contributed by atoms with van der Waals surface area (Å²) in [7, 11) is 0. The SMILES string of the molecule is Cc1cc(C)c(C(=O)c2ccccc2/C(c2c(C)cc(C)cc2C)=[N+]2\N=C([O-])C=C2c2ccccc2)c(C)c1. The van der Waals surface area contributed by atoms with E-state index in [2.05, 4.69) is 38.0 Å². The zero-order chi connectivity index (χ0) is 27.8. The second-order valence-corrected chi connectivity index (χ2v) is 10.4. The first-order chi connectivity index (χ1) is 18.7. The third-order valence-corrected chi connectivity index (χ3v) is 7.21.